The van der Waals surface area contributed by atoms with Crippen molar-refractivity contribution in [2.75, 3.05) is 25.4 Å². The minimum absolute atomic E-state index is 0.841. The highest BCUT2D eigenvalue weighted by molar-refractivity contribution is 7.99. The Kier molecular flexibility index (Phi) is 6.09. The van der Waals surface area contributed by atoms with Gasteiger partial charge in [-0.15, -0.1) is 11.8 Å². The molecule has 0 amide bonds. The molecular weight excluding hydrogens is 238 g/mol. The van der Waals surface area contributed by atoms with Crippen LogP contribution in [0.3, 0.4) is 0 Å². The average molecular weight is 263 g/mol. The Morgan fingerprint density at radius 1 is 1.11 bits per heavy atom. The van der Waals surface area contributed by atoms with Crippen molar-refractivity contribution in [1.82, 2.24) is 4.90 Å². The molecule has 0 aliphatic carbocycles. The molecule has 1 unspecified atom stereocenters. The molecule has 1 aromatic rings. The van der Waals surface area contributed by atoms with Crippen molar-refractivity contribution in [3.8, 4) is 0 Å². The van der Waals surface area contributed by atoms with Gasteiger partial charge in [-0.2, -0.15) is 0 Å². The molecule has 100 valence electrons. The van der Waals surface area contributed by atoms with Crippen molar-refractivity contribution in [2.45, 2.75) is 37.5 Å². The Morgan fingerprint density at radius 2 is 1.83 bits per heavy atom. The van der Waals surface area contributed by atoms with Gasteiger partial charge in [-0.1, -0.05) is 38.0 Å². The zero-order valence-electron chi connectivity index (χ0n) is 11.5. The summed E-state index contributed by atoms with van der Waals surface area (Å²) < 4.78 is 0. The van der Waals surface area contributed by atoms with E-state index in [0.29, 0.717) is 0 Å². The first-order valence-corrected chi connectivity index (χ1v) is 8.27. The molecule has 0 N–H and O–H groups in total. The van der Waals surface area contributed by atoms with Gasteiger partial charge in [0.15, 0.2) is 0 Å². The minimum atomic E-state index is 0.841. The molecule has 1 fully saturated rings. The highest BCUT2D eigenvalue weighted by Crippen LogP contribution is 2.23. The number of thioether (sulfide) groups is 1. The van der Waals surface area contributed by atoms with Gasteiger partial charge in [0, 0.05) is 17.2 Å². The van der Waals surface area contributed by atoms with Crippen molar-refractivity contribution < 1.29 is 0 Å². The molecule has 1 atom stereocenters. The number of hydrogen-bond acceptors (Lipinski definition) is 2. The van der Waals surface area contributed by atoms with Crippen LogP contribution in [0.25, 0.3) is 0 Å². The molecule has 0 radical (unpaired) electrons. The number of nitrogens with zero attached hydrogens (tertiary/aromatic N) is 1. The second-order valence-electron chi connectivity index (χ2n) is 5.26. The van der Waals surface area contributed by atoms with Gasteiger partial charge in [-0.05, 0) is 44.0 Å². The van der Waals surface area contributed by atoms with Crippen molar-refractivity contribution >= 4 is 11.8 Å². The SMILES string of the molecule is CCC(CSc1ccccc1)CN1CCCCC1. The quantitative estimate of drug-likeness (QED) is 0.704. The third kappa shape index (κ3) is 4.66. The lowest BCUT2D eigenvalue weighted by atomic mass is 10.1. The first-order chi connectivity index (χ1) is 8.88. The van der Waals surface area contributed by atoms with Crippen LogP contribution in [0.4, 0.5) is 0 Å². The molecule has 1 aliphatic heterocycles. The van der Waals surface area contributed by atoms with E-state index in [0.717, 1.165) is 5.92 Å². The summed E-state index contributed by atoms with van der Waals surface area (Å²) >= 11 is 2.02. The summed E-state index contributed by atoms with van der Waals surface area (Å²) in [5.41, 5.74) is 0. The molecule has 1 aliphatic rings. The van der Waals surface area contributed by atoms with E-state index in [-0.39, 0.29) is 0 Å². The predicted octanol–water partition coefficient (Wildman–Crippen LogP) is 4.29. The van der Waals surface area contributed by atoms with E-state index in [2.05, 4.69) is 42.2 Å². The maximum atomic E-state index is 2.67. The summed E-state index contributed by atoms with van der Waals surface area (Å²) in [6.45, 7) is 6.29. The van der Waals surface area contributed by atoms with E-state index in [1.54, 1.807) is 0 Å². The van der Waals surface area contributed by atoms with Crippen LogP contribution in [-0.2, 0) is 0 Å². The van der Waals surface area contributed by atoms with Crippen molar-refractivity contribution in [3.05, 3.63) is 30.3 Å². The van der Waals surface area contributed by atoms with Gasteiger partial charge in [0.1, 0.15) is 0 Å². The van der Waals surface area contributed by atoms with E-state index < -0.39 is 0 Å². The zero-order chi connectivity index (χ0) is 12.6. The maximum absolute atomic E-state index is 2.67. The molecule has 2 heteroatoms. The van der Waals surface area contributed by atoms with E-state index >= 15 is 0 Å². The predicted molar refractivity (Wildman–Crippen MR) is 81.2 cm³/mol. The third-order valence-corrected chi connectivity index (χ3v) is 5.01. The Morgan fingerprint density at radius 3 is 2.50 bits per heavy atom. The molecule has 1 nitrogen and oxygen atoms in total. The molecule has 18 heavy (non-hydrogen) atoms. The van der Waals surface area contributed by atoms with E-state index in [4.69, 9.17) is 0 Å². The molecule has 0 saturated carbocycles. The molecule has 1 aromatic carbocycles. The number of benzene rings is 1. The van der Waals surface area contributed by atoms with Crippen molar-refractivity contribution in [2.24, 2.45) is 5.92 Å². The van der Waals surface area contributed by atoms with Gasteiger partial charge in [0.25, 0.3) is 0 Å². The fourth-order valence-electron chi connectivity index (χ4n) is 2.54. The van der Waals surface area contributed by atoms with Gasteiger partial charge < -0.3 is 4.90 Å². The molecule has 1 saturated heterocycles. The minimum Gasteiger partial charge on any atom is -0.303 e. The second-order valence-corrected chi connectivity index (χ2v) is 6.35. The summed E-state index contributed by atoms with van der Waals surface area (Å²) in [7, 11) is 0. The monoisotopic (exact) mass is 263 g/mol. The normalized spacial score (nSPS) is 18.7. The Hall–Kier alpha value is -0.470. The summed E-state index contributed by atoms with van der Waals surface area (Å²) in [4.78, 5) is 4.08. The lowest BCUT2D eigenvalue weighted by Crippen LogP contribution is -2.34. The highest BCUT2D eigenvalue weighted by Gasteiger charge is 2.15. The van der Waals surface area contributed by atoms with Gasteiger partial charge in [0.2, 0.25) is 0 Å². The van der Waals surface area contributed by atoms with Crippen molar-refractivity contribution in [3.63, 3.8) is 0 Å². The van der Waals surface area contributed by atoms with Crippen LogP contribution in [0.5, 0.6) is 0 Å². The Labute approximate surface area is 116 Å². The summed E-state index contributed by atoms with van der Waals surface area (Å²) in [6.07, 6.45) is 5.55. The summed E-state index contributed by atoms with van der Waals surface area (Å²) in [5.74, 6) is 2.10. The van der Waals surface area contributed by atoms with Crippen LogP contribution in [0.2, 0.25) is 0 Å². The average Bonchev–Trinajstić information content (AvgIpc) is 2.45. The molecule has 2 rings (SSSR count). The topological polar surface area (TPSA) is 3.24 Å². The van der Waals surface area contributed by atoms with Gasteiger partial charge in [-0.25, -0.2) is 0 Å². The summed E-state index contributed by atoms with van der Waals surface area (Å²) in [5, 5.41) is 0. The summed E-state index contributed by atoms with van der Waals surface area (Å²) in [6, 6.07) is 10.8. The first kappa shape index (κ1) is 14.0. The van der Waals surface area contributed by atoms with Crippen molar-refractivity contribution in [1.29, 1.82) is 0 Å². The number of hydrogen-bond donors (Lipinski definition) is 0. The van der Waals surface area contributed by atoms with Crippen LogP contribution in [0, 0.1) is 5.92 Å². The van der Waals surface area contributed by atoms with Crippen LogP contribution in [-0.4, -0.2) is 30.3 Å². The van der Waals surface area contributed by atoms with Gasteiger partial charge in [-0.3, -0.25) is 0 Å². The van der Waals surface area contributed by atoms with Gasteiger partial charge in [0.05, 0.1) is 0 Å². The largest absolute Gasteiger partial charge is 0.303 e. The Balaban J connectivity index is 1.74. The lowest BCUT2D eigenvalue weighted by molar-refractivity contribution is 0.200. The first-order valence-electron chi connectivity index (χ1n) is 7.28. The number of likely N-dealkylation sites (tertiary alicyclic amines) is 1. The Bertz CT molecular complexity index is 319. The highest BCUT2D eigenvalue weighted by atomic mass is 32.2. The molecule has 0 bridgehead atoms. The molecule has 0 aromatic heterocycles. The molecule has 1 heterocycles. The second kappa shape index (κ2) is 7.85. The molecule has 0 spiro atoms. The van der Waals surface area contributed by atoms with E-state index in [1.807, 2.05) is 11.8 Å². The maximum Gasteiger partial charge on any atom is 0.00720 e. The third-order valence-electron chi connectivity index (χ3n) is 3.77. The van der Waals surface area contributed by atoms with Crippen LogP contribution in [0.1, 0.15) is 32.6 Å². The number of piperidine rings is 1. The van der Waals surface area contributed by atoms with Crippen LogP contribution in [0.15, 0.2) is 35.2 Å². The smallest absolute Gasteiger partial charge is 0.00720 e. The van der Waals surface area contributed by atoms with E-state index in [1.165, 1.54) is 56.0 Å². The fourth-order valence-corrected chi connectivity index (χ4v) is 3.66. The van der Waals surface area contributed by atoms with Crippen LogP contribution >= 0.6 is 11.8 Å². The van der Waals surface area contributed by atoms with Crippen LogP contribution < -0.4 is 0 Å². The number of rotatable bonds is 6. The zero-order valence-corrected chi connectivity index (χ0v) is 12.3. The van der Waals surface area contributed by atoms with E-state index in [9.17, 15) is 0 Å². The fraction of sp³-hybridized carbons (Fsp3) is 0.625. The lowest BCUT2D eigenvalue weighted by Gasteiger charge is -2.30. The molecular formula is C16H25NS. The van der Waals surface area contributed by atoms with Gasteiger partial charge >= 0.3 is 0 Å². The standard InChI is InChI=1S/C16H25NS/c1-2-15(13-17-11-7-4-8-12-17)14-18-16-9-5-3-6-10-16/h3,5-6,9-10,15H,2,4,7-8,11-14H2,1H3.